The normalized spacial score (nSPS) is 11.6. The summed E-state index contributed by atoms with van der Waals surface area (Å²) >= 11 is 5.52. The minimum absolute atomic E-state index is 0.00368. The molecule has 0 unspecified atom stereocenters. The molecule has 0 saturated heterocycles. The largest absolute Gasteiger partial charge is 0.417 e. The minimum atomic E-state index is -4.43. The van der Waals surface area contributed by atoms with Gasteiger partial charge in [0.15, 0.2) is 0 Å². The highest BCUT2D eigenvalue weighted by atomic mass is 35.5. The fourth-order valence-corrected chi connectivity index (χ4v) is 1.57. The molecule has 0 spiro atoms. The molecule has 88 valence electrons. The van der Waals surface area contributed by atoms with Crippen molar-refractivity contribution in [1.82, 2.24) is 0 Å². The van der Waals surface area contributed by atoms with Gasteiger partial charge >= 0.3 is 6.18 Å². The molecule has 0 radical (unpaired) electrons. The number of aryl methyl sites for hydroxylation is 1. The van der Waals surface area contributed by atoms with Gasteiger partial charge in [0.05, 0.1) is 10.6 Å². The van der Waals surface area contributed by atoms with Crippen LogP contribution >= 0.6 is 11.6 Å². The number of rotatable bonds is 3. The number of ketones is 1. The van der Waals surface area contributed by atoms with Crippen molar-refractivity contribution in [3.05, 3.63) is 34.3 Å². The van der Waals surface area contributed by atoms with Gasteiger partial charge < -0.3 is 4.79 Å². The molecular weight excluding hydrogens is 241 g/mol. The monoisotopic (exact) mass is 250 g/mol. The van der Waals surface area contributed by atoms with Crippen molar-refractivity contribution in [3.63, 3.8) is 0 Å². The molecular formula is C11H10ClF3O. The first-order valence-corrected chi connectivity index (χ1v) is 5.03. The molecule has 0 saturated carbocycles. The average molecular weight is 251 g/mol. The molecule has 0 aliphatic heterocycles. The van der Waals surface area contributed by atoms with Crippen LogP contribution in [0.5, 0.6) is 0 Å². The average Bonchev–Trinajstić information content (AvgIpc) is 2.12. The maximum absolute atomic E-state index is 12.4. The second-order valence-corrected chi connectivity index (χ2v) is 3.92. The number of halogens is 4. The maximum atomic E-state index is 12.4. The summed E-state index contributed by atoms with van der Waals surface area (Å²) in [6.45, 7) is 1.44. The van der Waals surface area contributed by atoms with Crippen LogP contribution in [-0.4, -0.2) is 5.78 Å². The second-order valence-electron chi connectivity index (χ2n) is 3.51. The fourth-order valence-electron chi connectivity index (χ4n) is 1.26. The molecule has 1 aromatic carbocycles. The molecule has 1 aromatic rings. The molecule has 0 aliphatic carbocycles. The lowest BCUT2D eigenvalue weighted by Crippen LogP contribution is -2.06. The van der Waals surface area contributed by atoms with E-state index < -0.39 is 11.7 Å². The second kappa shape index (κ2) is 4.87. The number of benzene rings is 1. The topological polar surface area (TPSA) is 17.1 Å². The summed E-state index contributed by atoms with van der Waals surface area (Å²) in [6.07, 6.45) is -3.72. The summed E-state index contributed by atoms with van der Waals surface area (Å²) in [4.78, 5) is 10.7. The molecule has 0 amide bonds. The van der Waals surface area contributed by atoms with Crippen LogP contribution in [-0.2, 0) is 17.4 Å². The van der Waals surface area contributed by atoms with Gasteiger partial charge in [0.25, 0.3) is 0 Å². The van der Waals surface area contributed by atoms with Gasteiger partial charge in [0.1, 0.15) is 5.78 Å². The Morgan fingerprint density at radius 2 is 2.00 bits per heavy atom. The highest BCUT2D eigenvalue weighted by Gasteiger charge is 2.32. The van der Waals surface area contributed by atoms with Gasteiger partial charge in [-0.15, -0.1) is 0 Å². The zero-order chi connectivity index (χ0) is 12.3. The van der Waals surface area contributed by atoms with Crippen LogP contribution in [0.15, 0.2) is 18.2 Å². The predicted octanol–water partition coefficient (Wildman–Crippen LogP) is 3.88. The van der Waals surface area contributed by atoms with E-state index in [9.17, 15) is 18.0 Å². The van der Waals surface area contributed by atoms with Crippen LogP contribution in [0.1, 0.15) is 24.5 Å². The Labute approximate surface area is 96.2 Å². The fraction of sp³-hybridized carbons (Fsp3) is 0.364. The van der Waals surface area contributed by atoms with E-state index >= 15 is 0 Å². The summed E-state index contributed by atoms with van der Waals surface area (Å²) < 4.78 is 37.1. The Bertz CT molecular complexity index is 399. The molecule has 0 aromatic heterocycles. The lowest BCUT2D eigenvalue weighted by atomic mass is 10.1. The van der Waals surface area contributed by atoms with Crippen LogP contribution in [0.25, 0.3) is 0 Å². The molecule has 1 rings (SSSR count). The Kier molecular flexibility index (Phi) is 3.97. The molecule has 0 aliphatic rings. The Morgan fingerprint density at radius 1 is 1.38 bits per heavy atom. The molecule has 16 heavy (non-hydrogen) atoms. The van der Waals surface area contributed by atoms with E-state index in [2.05, 4.69) is 0 Å². The van der Waals surface area contributed by atoms with Gasteiger partial charge in [-0.1, -0.05) is 17.7 Å². The highest BCUT2D eigenvalue weighted by Crippen LogP contribution is 2.35. The third-order valence-electron chi connectivity index (χ3n) is 2.10. The van der Waals surface area contributed by atoms with Gasteiger partial charge in [0.2, 0.25) is 0 Å². The molecule has 1 nitrogen and oxygen atoms in total. The van der Waals surface area contributed by atoms with Crippen molar-refractivity contribution in [1.29, 1.82) is 0 Å². The predicted molar refractivity (Wildman–Crippen MR) is 55.5 cm³/mol. The summed E-state index contributed by atoms with van der Waals surface area (Å²) in [5.41, 5.74) is -0.214. The van der Waals surface area contributed by atoms with Crippen molar-refractivity contribution in [2.75, 3.05) is 0 Å². The van der Waals surface area contributed by atoms with Crippen LogP contribution in [0.3, 0.4) is 0 Å². The first-order chi connectivity index (χ1) is 7.30. The van der Waals surface area contributed by atoms with Gasteiger partial charge in [-0.25, -0.2) is 0 Å². The van der Waals surface area contributed by atoms with Crippen LogP contribution in [0.4, 0.5) is 13.2 Å². The Morgan fingerprint density at radius 3 is 2.44 bits per heavy atom. The summed E-state index contributed by atoms with van der Waals surface area (Å²) in [6, 6.07) is 3.54. The highest BCUT2D eigenvalue weighted by molar-refractivity contribution is 6.31. The third kappa shape index (κ3) is 3.52. The van der Waals surface area contributed by atoms with Crippen molar-refractivity contribution in [2.24, 2.45) is 0 Å². The zero-order valence-electron chi connectivity index (χ0n) is 8.57. The molecule has 0 bridgehead atoms. The van der Waals surface area contributed by atoms with Gasteiger partial charge in [0, 0.05) is 6.42 Å². The SMILES string of the molecule is CC(=O)CCc1ccc(C(F)(F)F)c(Cl)c1. The molecule has 0 atom stereocenters. The number of Topliss-reactive ketones (excluding diaryl/α,β-unsaturated/α-hetero) is 1. The van der Waals surface area contributed by atoms with Crippen LogP contribution in [0, 0.1) is 0 Å². The van der Waals surface area contributed by atoms with E-state index in [0.717, 1.165) is 6.07 Å². The number of hydrogen-bond donors (Lipinski definition) is 0. The van der Waals surface area contributed by atoms with Gasteiger partial charge in [-0.2, -0.15) is 13.2 Å². The smallest absolute Gasteiger partial charge is 0.300 e. The van der Waals surface area contributed by atoms with E-state index in [-0.39, 0.29) is 10.8 Å². The number of carbonyl (C=O) groups is 1. The maximum Gasteiger partial charge on any atom is 0.417 e. The Balaban J connectivity index is 2.87. The van der Waals surface area contributed by atoms with E-state index in [4.69, 9.17) is 11.6 Å². The quantitative estimate of drug-likeness (QED) is 0.796. The number of carbonyl (C=O) groups excluding carboxylic acids is 1. The van der Waals surface area contributed by atoms with Gasteiger partial charge in [-0.3, -0.25) is 0 Å². The minimum Gasteiger partial charge on any atom is -0.300 e. The number of alkyl halides is 3. The van der Waals surface area contributed by atoms with E-state index in [1.807, 2.05) is 0 Å². The van der Waals surface area contributed by atoms with Crippen molar-refractivity contribution >= 4 is 17.4 Å². The van der Waals surface area contributed by atoms with Crippen LogP contribution in [0.2, 0.25) is 5.02 Å². The number of hydrogen-bond acceptors (Lipinski definition) is 1. The third-order valence-corrected chi connectivity index (χ3v) is 2.42. The molecule has 5 heteroatoms. The Hall–Kier alpha value is -1.03. The standard InChI is InChI=1S/C11H10ClF3O/c1-7(16)2-3-8-4-5-9(10(12)6-8)11(13,14)15/h4-6H,2-3H2,1H3. The first kappa shape index (κ1) is 13.0. The summed E-state index contributed by atoms with van der Waals surface area (Å²) in [5, 5.41) is -0.325. The van der Waals surface area contributed by atoms with Crippen molar-refractivity contribution < 1.29 is 18.0 Å². The first-order valence-electron chi connectivity index (χ1n) is 4.66. The van der Waals surface area contributed by atoms with E-state index in [1.54, 1.807) is 0 Å². The van der Waals surface area contributed by atoms with E-state index in [0.29, 0.717) is 18.4 Å². The zero-order valence-corrected chi connectivity index (χ0v) is 9.32. The van der Waals surface area contributed by atoms with E-state index in [1.165, 1.54) is 19.1 Å². The summed E-state index contributed by atoms with van der Waals surface area (Å²) in [7, 11) is 0. The van der Waals surface area contributed by atoms with Crippen LogP contribution < -0.4 is 0 Å². The molecule has 0 heterocycles. The molecule has 0 fully saturated rings. The van der Waals surface area contributed by atoms with Gasteiger partial charge in [-0.05, 0) is 31.0 Å². The van der Waals surface area contributed by atoms with Crippen molar-refractivity contribution in [3.8, 4) is 0 Å². The lowest BCUT2D eigenvalue weighted by molar-refractivity contribution is -0.137. The lowest BCUT2D eigenvalue weighted by Gasteiger charge is -2.09. The summed E-state index contributed by atoms with van der Waals surface area (Å²) in [5.74, 6) is -0.00368. The van der Waals surface area contributed by atoms with Crippen molar-refractivity contribution in [2.45, 2.75) is 25.9 Å². The molecule has 0 N–H and O–H groups in total.